The number of hydrogen-bond donors (Lipinski definition) is 1. The number of pyridine rings is 1. The summed E-state index contributed by atoms with van der Waals surface area (Å²) >= 11 is 2.65. The normalized spacial score (nSPS) is 24.5. The Morgan fingerprint density at radius 2 is 2.21 bits per heavy atom. The average molecular weight is 425 g/mol. The number of hydrogen-bond acceptors (Lipinski definition) is 8. The number of nitrogens with zero attached hydrogens (tertiary/aromatic N) is 3. The topological polar surface area (TPSA) is 106 Å². The molecule has 4 atom stereocenters. The molecule has 2 aromatic rings. The molecule has 4 unspecified atom stereocenters. The van der Waals surface area contributed by atoms with E-state index in [1.165, 1.54) is 28.0 Å². The summed E-state index contributed by atoms with van der Waals surface area (Å²) in [5.41, 5.74) is 1.54. The predicted molar refractivity (Wildman–Crippen MR) is 98.2 cm³/mol. The fourth-order valence-corrected chi connectivity index (χ4v) is 5.79. The molecule has 4 heterocycles. The van der Waals surface area contributed by atoms with Gasteiger partial charge in [0.05, 0.1) is 35.4 Å². The van der Waals surface area contributed by atoms with E-state index < -0.39 is 18.0 Å². The number of fused-ring (bicyclic) bond motifs is 1. The molecule has 140 valence electrons. The van der Waals surface area contributed by atoms with Gasteiger partial charge in [-0.15, -0.1) is 11.3 Å². The van der Waals surface area contributed by atoms with E-state index >= 15 is 0 Å². The fraction of sp³-hybridized carbons (Fsp3) is 0.333. The number of amides is 1. The molecule has 1 saturated heterocycles. The van der Waals surface area contributed by atoms with Crippen molar-refractivity contribution in [1.29, 1.82) is 0 Å². The van der Waals surface area contributed by atoms with Gasteiger partial charge < -0.3 is 19.9 Å². The number of carbonyl (C=O) groups is 2. The number of aliphatic carboxylic acids is 1. The molecule has 0 spiro atoms. The van der Waals surface area contributed by atoms with Crippen LogP contribution < -0.4 is 34.7 Å². The predicted octanol–water partition coefficient (Wildman–Crippen LogP) is -1.88. The standard InChI is InChI=1S/C18H17N3O4S2.Na/c1-8-13-12(9(2)22)16(23)21(13)14(17(24)25)15(8)27-18-20-11(7-26-18)10-4-3-5-19-6-10;/h3-9,12-13,22H,1-2H3,(H,24,25);/q;+1/p-1. The Hall–Kier alpha value is -1.23. The SMILES string of the molecule is CC(O)C1C(=O)N2C(C(=O)[O-])=C(Sc3nc(-c4cccnc4)cs3)C(C)C12.[Na+]. The van der Waals surface area contributed by atoms with E-state index in [4.69, 9.17) is 0 Å². The van der Waals surface area contributed by atoms with E-state index in [0.717, 1.165) is 11.3 Å². The molecule has 0 saturated carbocycles. The first-order valence-electron chi connectivity index (χ1n) is 8.40. The Morgan fingerprint density at radius 3 is 2.82 bits per heavy atom. The Balaban J connectivity index is 0.00000225. The molecule has 0 radical (unpaired) electrons. The molecule has 10 heteroatoms. The van der Waals surface area contributed by atoms with Crippen LogP contribution in [-0.4, -0.2) is 44.0 Å². The first-order chi connectivity index (χ1) is 12.9. The summed E-state index contributed by atoms with van der Waals surface area (Å²) in [7, 11) is 0. The third-order valence-electron chi connectivity index (χ3n) is 4.94. The largest absolute Gasteiger partial charge is 1.00 e. The van der Waals surface area contributed by atoms with Gasteiger partial charge in [0.25, 0.3) is 0 Å². The van der Waals surface area contributed by atoms with Gasteiger partial charge in [-0.05, 0) is 19.1 Å². The fourth-order valence-electron chi connectivity index (χ4n) is 3.69. The van der Waals surface area contributed by atoms with E-state index in [-0.39, 0.29) is 53.1 Å². The van der Waals surface area contributed by atoms with Gasteiger partial charge in [-0.3, -0.25) is 9.78 Å². The van der Waals surface area contributed by atoms with Crippen molar-refractivity contribution >= 4 is 35.0 Å². The number of carbonyl (C=O) groups excluding carboxylic acids is 2. The average Bonchev–Trinajstić information content (AvgIpc) is 3.18. The van der Waals surface area contributed by atoms with Gasteiger partial charge in [-0.1, -0.05) is 18.7 Å². The zero-order chi connectivity index (χ0) is 19.3. The molecule has 2 aromatic heterocycles. The van der Waals surface area contributed by atoms with Crippen LogP contribution in [0.1, 0.15) is 13.8 Å². The van der Waals surface area contributed by atoms with Gasteiger partial charge in [0.2, 0.25) is 5.91 Å². The van der Waals surface area contributed by atoms with Gasteiger partial charge in [0, 0.05) is 34.2 Å². The molecular weight excluding hydrogens is 409 g/mol. The van der Waals surface area contributed by atoms with Crippen molar-refractivity contribution in [3.05, 3.63) is 40.5 Å². The van der Waals surface area contributed by atoms with E-state index in [0.29, 0.717) is 9.24 Å². The van der Waals surface area contributed by atoms with Crippen LogP contribution in [0.15, 0.2) is 44.8 Å². The van der Waals surface area contributed by atoms with Gasteiger partial charge in [0.1, 0.15) is 0 Å². The summed E-state index contributed by atoms with van der Waals surface area (Å²) in [5, 5.41) is 23.5. The minimum absolute atomic E-state index is 0. The number of thiazole rings is 1. The summed E-state index contributed by atoms with van der Waals surface area (Å²) < 4.78 is 0.679. The molecule has 1 fully saturated rings. The Morgan fingerprint density at radius 1 is 1.46 bits per heavy atom. The number of carboxylic acids is 1. The molecule has 0 aromatic carbocycles. The molecule has 0 bridgehead atoms. The number of rotatable bonds is 5. The van der Waals surface area contributed by atoms with Crippen molar-refractivity contribution in [2.75, 3.05) is 0 Å². The van der Waals surface area contributed by atoms with Crippen LogP contribution in [0.2, 0.25) is 0 Å². The molecule has 1 amide bonds. The van der Waals surface area contributed by atoms with Gasteiger partial charge in [-0.25, -0.2) is 4.98 Å². The van der Waals surface area contributed by atoms with E-state index in [1.807, 2.05) is 24.4 Å². The number of thioether (sulfide) groups is 1. The van der Waals surface area contributed by atoms with Gasteiger partial charge >= 0.3 is 29.6 Å². The number of aliphatic hydroxyl groups excluding tert-OH is 1. The van der Waals surface area contributed by atoms with Crippen molar-refractivity contribution in [2.45, 2.75) is 30.3 Å². The molecule has 2 aliphatic heterocycles. The van der Waals surface area contributed by atoms with Crippen molar-refractivity contribution in [3.8, 4) is 11.3 Å². The minimum atomic E-state index is -1.38. The second-order valence-corrected chi connectivity index (χ2v) is 8.74. The first kappa shape index (κ1) is 21.5. The third-order valence-corrected chi connectivity index (χ3v) is 7.16. The maximum absolute atomic E-state index is 12.3. The van der Waals surface area contributed by atoms with Crippen LogP contribution in [0.5, 0.6) is 0 Å². The van der Waals surface area contributed by atoms with Crippen LogP contribution in [0.4, 0.5) is 0 Å². The summed E-state index contributed by atoms with van der Waals surface area (Å²) in [4.78, 5) is 34.5. The second-order valence-electron chi connectivity index (χ2n) is 6.60. The Bertz CT molecular complexity index is 947. The maximum Gasteiger partial charge on any atom is 1.00 e. The molecule has 28 heavy (non-hydrogen) atoms. The van der Waals surface area contributed by atoms with E-state index in [9.17, 15) is 19.8 Å². The van der Waals surface area contributed by atoms with Crippen LogP contribution in [0, 0.1) is 11.8 Å². The molecule has 7 nitrogen and oxygen atoms in total. The summed E-state index contributed by atoms with van der Waals surface area (Å²) in [6.07, 6.45) is 2.57. The zero-order valence-corrected chi connectivity index (χ0v) is 19.2. The molecule has 4 rings (SSSR count). The third kappa shape index (κ3) is 3.44. The summed E-state index contributed by atoms with van der Waals surface area (Å²) in [6.45, 7) is 3.42. The maximum atomic E-state index is 12.3. The van der Waals surface area contributed by atoms with Crippen molar-refractivity contribution in [3.63, 3.8) is 0 Å². The number of β-lactam (4-membered cyclic amide) rings is 1. The van der Waals surface area contributed by atoms with Gasteiger partial charge in [0.15, 0.2) is 4.34 Å². The smallest absolute Gasteiger partial charge is 0.543 e. The second kappa shape index (κ2) is 8.25. The summed E-state index contributed by atoms with van der Waals surface area (Å²) in [6, 6.07) is 3.37. The van der Waals surface area contributed by atoms with Crippen LogP contribution in [0.3, 0.4) is 0 Å². The van der Waals surface area contributed by atoms with Crippen molar-refractivity contribution in [2.24, 2.45) is 11.8 Å². The Kier molecular flexibility index (Phi) is 6.33. The quantitative estimate of drug-likeness (QED) is 0.441. The zero-order valence-electron chi connectivity index (χ0n) is 15.5. The molecule has 0 aliphatic carbocycles. The summed E-state index contributed by atoms with van der Waals surface area (Å²) in [5.74, 6) is -2.55. The van der Waals surface area contributed by atoms with Crippen LogP contribution >= 0.6 is 23.1 Å². The van der Waals surface area contributed by atoms with Crippen LogP contribution in [0.25, 0.3) is 11.3 Å². The molecule has 1 N–H and O–H groups in total. The van der Waals surface area contributed by atoms with Crippen LogP contribution in [-0.2, 0) is 9.59 Å². The van der Waals surface area contributed by atoms with E-state index in [1.54, 1.807) is 19.3 Å². The van der Waals surface area contributed by atoms with Crippen molar-refractivity contribution in [1.82, 2.24) is 14.9 Å². The number of carboxylic acid groups (broad SMARTS) is 1. The monoisotopic (exact) mass is 425 g/mol. The van der Waals surface area contributed by atoms with Gasteiger partial charge in [-0.2, -0.15) is 0 Å². The first-order valence-corrected chi connectivity index (χ1v) is 10.1. The Labute approximate surface area is 192 Å². The van der Waals surface area contributed by atoms with Crippen molar-refractivity contribution < 1.29 is 49.4 Å². The molecular formula is C18H16N3NaO4S2. The number of aromatic nitrogens is 2. The molecule has 2 aliphatic rings. The minimum Gasteiger partial charge on any atom is -0.543 e. The van der Waals surface area contributed by atoms with E-state index in [2.05, 4.69) is 9.97 Å². The number of aliphatic hydroxyl groups is 1.